The van der Waals surface area contributed by atoms with Gasteiger partial charge in [0.2, 0.25) is 0 Å². The Kier molecular flexibility index (Phi) is 7.97. The molecule has 4 aliphatic rings. The van der Waals surface area contributed by atoms with Gasteiger partial charge in [-0.05, 0) is 27.7 Å². The maximum Gasteiger partial charge on any atom is 0.303 e. The summed E-state index contributed by atoms with van der Waals surface area (Å²) >= 11 is 0. The van der Waals surface area contributed by atoms with Crippen LogP contribution in [0.25, 0.3) is 0 Å². The molecule has 0 radical (unpaired) electrons. The number of carbonyl (C=O) groups excluding carboxylic acids is 2. The van der Waals surface area contributed by atoms with Crippen molar-refractivity contribution in [2.45, 2.75) is 115 Å². The van der Waals surface area contributed by atoms with Crippen molar-refractivity contribution < 1.29 is 62.1 Å². The third-order valence-corrected chi connectivity index (χ3v) is 6.36. The molecule has 36 heavy (non-hydrogen) atoms. The Morgan fingerprint density at radius 1 is 0.778 bits per heavy atom. The van der Waals surface area contributed by atoms with Crippen LogP contribution in [0.3, 0.4) is 0 Å². The van der Waals surface area contributed by atoms with Gasteiger partial charge in [0.05, 0.1) is 13.2 Å². The van der Waals surface area contributed by atoms with Crippen LogP contribution in [0.15, 0.2) is 0 Å². The first-order valence-electron chi connectivity index (χ1n) is 12.0. The van der Waals surface area contributed by atoms with Gasteiger partial charge in [0.15, 0.2) is 36.4 Å². The number of methoxy groups -OCH3 is 1. The predicted octanol–water partition coefficient (Wildman–Crippen LogP) is -0.00490. The van der Waals surface area contributed by atoms with Gasteiger partial charge in [-0.25, -0.2) is 0 Å². The van der Waals surface area contributed by atoms with Crippen LogP contribution in [0.1, 0.15) is 41.5 Å². The zero-order valence-electron chi connectivity index (χ0n) is 21.5. The van der Waals surface area contributed by atoms with Crippen LogP contribution in [0.5, 0.6) is 0 Å². The molecule has 0 aromatic rings. The van der Waals surface area contributed by atoms with Crippen LogP contribution < -0.4 is 0 Å². The van der Waals surface area contributed by atoms with Crippen LogP contribution in [-0.4, -0.2) is 110 Å². The fourth-order valence-corrected chi connectivity index (χ4v) is 4.87. The van der Waals surface area contributed by atoms with Crippen molar-refractivity contribution >= 4 is 11.9 Å². The molecule has 4 aliphatic heterocycles. The molecule has 0 amide bonds. The minimum atomic E-state index is -1.30. The quantitative estimate of drug-likeness (QED) is 0.485. The number of fused-ring (bicyclic) bond motifs is 2. The molecule has 0 saturated carbocycles. The summed E-state index contributed by atoms with van der Waals surface area (Å²) in [4.78, 5) is 24.1. The first-order valence-corrected chi connectivity index (χ1v) is 12.0. The highest BCUT2D eigenvalue weighted by molar-refractivity contribution is 5.67. The Hall–Kier alpha value is -1.42. The molecule has 4 fully saturated rings. The van der Waals surface area contributed by atoms with Gasteiger partial charge >= 0.3 is 11.9 Å². The average molecular weight is 521 g/mol. The molecule has 0 aliphatic carbocycles. The van der Waals surface area contributed by atoms with Gasteiger partial charge in [-0.1, -0.05) is 0 Å². The smallest absolute Gasteiger partial charge is 0.303 e. The van der Waals surface area contributed by atoms with Crippen LogP contribution in [0, 0.1) is 0 Å². The number of ether oxygens (including phenoxy) is 10. The van der Waals surface area contributed by atoms with E-state index in [2.05, 4.69) is 0 Å². The molecule has 0 aromatic heterocycles. The summed E-state index contributed by atoms with van der Waals surface area (Å²) in [7, 11) is 1.39. The molecule has 4 saturated heterocycles. The first-order chi connectivity index (χ1) is 16.8. The predicted molar refractivity (Wildman–Crippen MR) is 116 cm³/mol. The molecule has 13 heteroatoms. The van der Waals surface area contributed by atoms with E-state index in [-0.39, 0.29) is 13.2 Å². The van der Waals surface area contributed by atoms with E-state index in [1.165, 1.54) is 21.0 Å². The summed E-state index contributed by atoms with van der Waals surface area (Å²) < 4.78 is 58.1. The molecular weight excluding hydrogens is 484 g/mol. The minimum Gasteiger partial charge on any atom is -0.455 e. The Bertz CT molecular complexity index is 816. The highest BCUT2D eigenvalue weighted by Crippen LogP contribution is 2.39. The average Bonchev–Trinajstić information content (AvgIpc) is 2.77. The van der Waals surface area contributed by atoms with Crippen molar-refractivity contribution in [2.75, 3.05) is 20.3 Å². The van der Waals surface area contributed by atoms with Crippen molar-refractivity contribution in [3.63, 3.8) is 0 Å². The van der Waals surface area contributed by atoms with Gasteiger partial charge in [0.1, 0.15) is 36.6 Å². The van der Waals surface area contributed by atoms with E-state index < -0.39 is 84.9 Å². The third kappa shape index (κ3) is 5.84. The van der Waals surface area contributed by atoms with Crippen molar-refractivity contribution in [2.24, 2.45) is 0 Å². The fraction of sp³-hybridized carbons (Fsp3) is 0.913. The lowest BCUT2D eigenvalue weighted by atomic mass is 9.95. The number of rotatable bonds is 5. The van der Waals surface area contributed by atoms with Gasteiger partial charge in [-0.15, -0.1) is 0 Å². The monoisotopic (exact) mass is 520 g/mol. The second-order valence-electron chi connectivity index (χ2n) is 10.1. The van der Waals surface area contributed by atoms with E-state index in [9.17, 15) is 14.7 Å². The van der Waals surface area contributed by atoms with E-state index in [1.54, 1.807) is 27.7 Å². The van der Waals surface area contributed by atoms with E-state index in [0.29, 0.717) is 0 Å². The Morgan fingerprint density at radius 3 is 1.75 bits per heavy atom. The first kappa shape index (κ1) is 27.6. The maximum atomic E-state index is 12.1. The standard InChI is InChI=1S/C23H36O13/c1-10(24)30-18-16-13(9-29-23(5,6)36-16)33-21(19(18)31-11(2)25)34-17-14(26)20(27-7)32-12-8-28-22(3,4)35-15(12)17/h12-21,26H,8-9H2,1-7H3/t12-,13-,14+,15-,16-,17-,18+,19+,20+,21-/m1/s1. The van der Waals surface area contributed by atoms with Crippen LogP contribution in [-0.2, 0) is 57.0 Å². The van der Waals surface area contributed by atoms with Gasteiger partial charge in [-0.3, -0.25) is 9.59 Å². The van der Waals surface area contributed by atoms with Gasteiger partial charge < -0.3 is 52.5 Å². The van der Waals surface area contributed by atoms with Crippen LogP contribution in [0.2, 0.25) is 0 Å². The Balaban J connectivity index is 1.65. The summed E-state index contributed by atoms with van der Waals surface area (Å²) in [6, 6.07) is 0. The summed E-state index contributed by atoms with van der Waals surface area (Å²) in [6.45, 7) is 9.61. The number of carbonyl (C=O) groups is 2. The highest BCUT2D eigenvalue weighted by Gasteiger charge is 2.58. The zero-order chi connectivity index (χ0) is 26.4. The molecule has 13 nitrogen and oxygen atoms in total. The second-order valence-corrected chi connectivity index (χ2v) is 10.1. The lowest BCUT2D eigenvalue weighted by Gasteiger charge is -2.53. The van der Waals surface area contributed by atoms with Crippen molar-refractivity contribution in [1.29, 1.82) is 0 Å². The number of hydrogen-bond donors (Lipinski definition) is 1. The summed E-state index contributed by atoms with van der Waals surface area (Å²) in [5.74, 6) is -3.22. The van der Waals surface area contributed by atoms with Gasteiger partial charge in [-0.2, -0.15) is 0 Å². The molecule has 0 aromatic carbocycles. The van der Waals surface area contributed by atoms with E-state index >= 15 is 0 Å². The van der Waals surface area contributed by atoms with E-state index in [4.69, 9.17) is 47.4 Å². The van der Waals surface area contributed by atoms with Gasteiger partial charge in [0, 0.05) is 21.0 Å². The third-order valence-electron chi connectivity index (χ3n) is 6.36. The number of aliphatic hydroxyl groups is 1. The molecule has 206 valence electrons. The van der Waals surface area contributed by atoms with E-state index in [1.807, 2.05) is 0 Å². The second kappa shape index (κ2) is 10.4. The summed E-state index contributed by atoms with van der Waals surface area (Å²) in [5, 5.41) is 11.1. The topological polar surface area (TPSA) is 147 Å². The van der Waals surface area contributed by atoms with E-state index in [0.717, 1.165) is 0 Å². The lowest BCUT2D eigenvalue weighted by molar-refractivity contribution is -0.418. The normalized spacial score (nSPS) is 43.6. The maximum absolute atomic E-state index is 12.1. The zero-order valence-corrected chi connectivity index (χ0v) is 21.5. The van der Waals surface area contributed by atoms with Crippen LogP contribution >= 0.6 is 0 Å². The SMILES string of the molecule is CO[C@H]1O[C@@H]2COC(C)(C)O[C@H]2[C@H](O[C@H]2O[C@@H]3COC(C)(C)O[C@H]3[C@H](OC(C)=O)[C@@H]2OC(C)=O)[C@@H]1O. The lowest BCUT2D eigenvalue weighted by Crippen LogP contribution is -2.69. The summed E-state index contributed by atoms with van der Waals surface area (Å²) in [6.07, 6.45) is -9.88. The van der Waals surface area contributed by atoms with Gasteiger partial charge in [0.25, 0.3) is 0 Å². The fourth-order valence-electron chi connectivity index (χ4n) is 4.87. The highest BCUT2D eigenvalue weighted by atomic mass is 16.8. The summed E-state index contributed by atoms with van der Waals surface area (Å²) in [5.41, 5.74) is 0. The van der Waals surface area contributed by atoms with Crippen LogP contribution in [0.4, 0.5) is 0 Å². The minimum absolute atomic E-state index is 0.0997. The van der Waals surface area contributed by atoms with Crippen molar-refractivity contribution in [1.82, 2.24) is 0 Å². The largest absolute Gasteiger partial charge is 0.455 e. The molecule has 10 atom stereocenters. The Morgan fingerprint density at radius 2 is 1.25 bits per heavy atom. The number of hydrogen-bond acceptors (Lipinski definition) is 13. The van der Waals surface area contributed by atoms with Crippen molar-refractivity contribution in [3.05, 3.63) is 0 Å². The molecule has 4 heterocycles. The number of aliphatic hydroxyl groups excluding tert-OH is 1. The van der Waals surface area contributed by atoms with Crippen molar-refractivity contribution in [3.8, 4) is 0 Å². The molecule has 0 bridgehead atoms. The molecule has 0 unspecified atom stereocenters. The Labute approximate surface area is 209 Å². The molecule has 1 N–H and O–H groups in total. The molecular formula is C23H36O13. The number of esters is 2. The molecule has 0 spiro atoms. The molecule has 4 rings (SSSR count).